The van der Waals surface area contributed by atoms with Gasteiger partial charge in [0.25, 0.3) is 0 Å². The monoisotopic (exact) mass is 229 g/mol. The Kier molecular flexibility index (Phi) is 3.12. The molecule has 0 unspecified atom stereocenters. The van der Waals surface area contributed by atoms with E-state index in [-0.39, 0.29) is 12.3 Å². The highest BCUT2D eigenvalue weighted by Crippen LogP contribution is 2.16. The Morgan fingerprint density at radius 2 is 2.18 bits per heavy atom. The molecular weight excluding hydrogens is 218 g/mol. The molecule has 86 valence electrons. The Morgan fingerprint density at radius 3 is 2.88 bits per heavy atom. The number of aliphatic hydroxyl groups excluding tert-OH is 1. The summed E-state index contributed by atoms with van der Waals surface area (Å²) >= 11 is 0. The third-order valence-corrected chi connectivity index (χ3v) is 2.32. The number of rotatable bonds is 2. The number of carboxylic acid groups (broad SMARTS) is 1. The van der Waals surface area contributed by atoms with Gasteiger partial charge in [0.15, 0.2) is 0 Å². The summed E-state index contributed by atoms with van der Waals surface area (Å²) in [6.45, 7) is 0.0442. The van der Waals surface area contributed by atoms with Gasteiger partial charge >= 0.3 is 5.97 Å². The fourth-order valence-corrected chi connectivity index (χ4v) is 1.55. The number of aliphatic hydroxyl groups is 1. The summed E-state index contributed by atoms with van der Waals surface area (Å²) in [7, 11) is 0. The van der Waals surface area contributed by atoms with E-state index in [9.17, 15) is 4.79 Å². The average molecular weight is 229 g/mol. The van der Waals surface area contributed by atoms with Crippen LogP contribution < -0.4 is 0 Å². The predicted molar refractivity (Wildman–Crippen MR) is 63.8 cm³/mol. The molecule has 4 heteroatoms. The number of aromatic amines is 1. The molecule has 0 atom stereocenters. The van der Waals surface area contributed by atoms with Gasteiger partial charge < -0.3 is 15.2 Å². The molecule has 2 rings (SSSR count). The van der Waals surface area contributed by atoms with Crippen LogP contribution in [-0.4, -0.2) is 27.8 Å². The van der Waals surface area contributed by atoms with E-state index in [1.165, 1.54) is 0 Å². The van der Waals surface area contributed by atoms with Crippen LogP contribution in [-0.2, 0) is 0 Å². The number of H-pyrrole nitrogens is 1. The minimum atomic E-state index is -0.978. The first-order valence-electron chi connectivity index (χ1n) is 5.16. The number of carboxylic acids is 1. The predicted octanol–water partition coefficient (Wildman–Crippen LogP) is 1.60. The van der Waals surface area contributed by atoms with E-state index in [1.54, 1.807) is 12.1 Å². The second kappa shape index (κ2) is 4.73. The largest absolute Gasteiger partial charge is 0.477 e. The van der Waals surface area contributed by atoms with Crippen molar-refractivity contribution in [3.8, 4) is 11.8 Å². The van der Waals surface area contributed by atoms with Crippen molar-refractivity contribution in [1.82, 2.24) is 4.98 Å². The van der Waals surface area contributed by atoms with Crippen LogP contribution in [0.3, 0.4) is 0 Å². The molecule has 0 saturated heterocycles. The lowest BCUT2D eigenvalue weighted by atomic mass is 10.1. The summed E-state index contributed by atoms with van der Waals surface area (Å²) in [4.78, 5) is 13.6. The molecular formula is C13H11NO3. The van der Waals surface area contributed by atoms with Crippen LogP contribution in [0.2, 0.25) is 0 Å². The molecule has 0 aliphatic carbocycles. The van der Waals surface area contributed by atoms with Crippen LogP contribution in [0.15, 0.2) is 24.3 Å². The van der Waals surface area contributed by atoms with Gasteiger partial charge in [-0.15, -0.1) is 0 Å². The van der Waals surface area contributed by atoms with Gasteiger partial charge in [-0.3, -0.25) is 0 Å². The maximum atomic E-state index is 10.8. The summed E-state index contributed by atoms with van der Waals surface area (Å²) in [6.07, 6.45) is 0.436. The van der Waals surface area contributed by atoms with Crippen LogP contribution in [0.25, 0.3) is 10.9 Å². The van der Waals surface area contributed by atoms with E-state index in [0.717, 1.165) is 16.5 Å². The van der Waals surface area contributed by atoms with E-state index < -0.39 is 5.97 Å². The molecule has 0 aliphatic rings. The summed E-state index contributed by atoms with van der Waals surface area (Å²) in [5.74, 6) is 4.75. The van der Waals surface area contributed by atoms with Gasteiger partial charge in [0.05, 0.1) is 6.61 Å². The number of nitrogens with one attached hydrogen (secondary N) is 1. The Hall–Kier alpha value is -2.25. The standard InChI is InChI=1S/C13H11NO3/c15-6-2-1-3-9-4-5-11-10(7-9)8-12(14-11)13(16)17/h4-5,7-8,14-15H,2,6H2,(H,16,17). The molecule has 0 bridgehead atoms. The molecule has 0 saturated carbocycles. The number of fused-ring (bicyclic) bond motifs is 1. The SMILES string of the molecule is O=C(O)c1cc2cc(C#CCCO)ccc2[nH]1. The second-order valence-electron chi connectivity index (χ2n) is 3.57. The lowest BCUT2D eigenvalue weighted by Gasteiger charge is -1.91. The normalized spacial score (nSPS) is 9.94. The van der Waals surface area contributed by atoms with Gasteiger partial charge in [-0.2, -0.15) is 0 Å². The second-order valence-corrected chi connectivity index (χ2v) is 3.57. The molecule has 1 aromatic heterocycles. The molecule has 0 amide bonds. The van der Waals surface area contributed by atoms with Crippen molar-refractivity contribution in [2.45, 2.75) is 6.42 Å². The number of hydrogen-bond donors (Lipinski definition) is 3. The van der Waals surface area contributed by atoms with Crippen LogP contribution in [0, 0.1) is 11.8 Å². The maximum absolute atomic E-state index is 10.8. The molecule has 2 aromatic rings. The topological polar surface area (TPSA) is 73.3 Å². The molecule has 3 N–H and O–H groups in total. The first-order chi connectivity index (χ1) is 8.20. The maximum Gasteiger partial charge on any atom is 0.352 e. The fraction of sp³-hybridized carbons (Fsp3) is 0.154. The van der Waals surface area contributed by atoms with Gasteiger partial charge in [0, 0.05) is 22.9 Å². The minimum Gasteiger partial charge on any atom is -0.477 e. The highest BCUT2D eigenvalue weighted by Gasteiger charge is 2.06. The summed E-state index contributed by atoms with van der Waals surface area (Å²) in [6, 6.07) is 7.01. The number of hydrogen-bond acceptors (Lipinski definition) is 2. The molecule has 0 aliphatic heterocycles. The van der Waals surface area contributed by atoms with Gasteiger partial charge in [0.2, 0.25) is 0 Å². The lowest BCUT2D eigenvalue weighted by molar-refractivity contribution is 0.0691. The number of aromatic nitrogens is 1. The molecule has 1 aromatic carbocycles. The van der Waals surface area contributed by atoms with E-state index in [1.807, 2.05) is 12.1 Å². The van der Waals surface area contributed by atoms with Crippen molar-refractivity contribution in [1.29, 1.82) is 0 Å². The Bertz CT molecular complexity index is 616. The molecule has 0 radical (unpaired) electrons. The highest BCUT2D eigenvalue weighted by molar-refractivity contribution is 5.94. The Balaban J connectivity index is 2.37. The zero-order chi connectivity index (χ0) is 12.3. The Labute approximate surface area is 97.9 Å². The minimum absolute atomic E-state index is 0.0442. The molecule has 0 spiro atoms. The molecule has 1 heterocycles. The zero-order valence-electron chi connectivity index (χ0n) is 9.03. The molecule has 17 heavy (non-hydrogen) atoms. The number of carbonyl (C=O) groups is 1. The van der Waals surface area contributed by atoms with Gasteiger partial charge in [-0.25, -0.2) is 4.79 Å². The number of aromatic carboxylic acids is 1. The summed E-state index contributed by atoms with van der Waals surface area (Å²) < 4.78 is 0. The van der Waals surface area contributed by atoms with Crippen LogP contribution >= 0.6 is 0 Å². The average Bonchev–Trinajstić information content (AvgIpc) is 2.72. The fourth-order valence-electron chi connectivity index (χ4n) is 1.55. The zero-order valence-corrected chi connectivity index (χ0v) is 9.03. The van der Waals surface area contributed by atoms with Crippen molar-refractivity contribution in [3.05, 3.63) is 35.5 Å². The van der Waals surface area contributed by atoms with E-state index >= 15 is 0 Å². The van der Waals surface area contributed by atoms with Crippen LogP contribution in [0.5, 0.6) is 0 Å². The molecule has 4 nitrogen and oxygen atoms in total. The van der Waals surface area contributed by atoms with Crippen molar-refractivity contribution in [2.24, 2.45) is 0 Å². The number of benzene rings is 1. The third kappa shape index (κ3) is 2.47. The summed E-state index contributed by atoms with van der Waals surface area (Å²) in [5.41, 5.74) is 1.75. The van der Waals surface area contributed by atoms with Gasteiger partial charge in [-0.1, -0.05) is 11.8 Å². The quantitative estimate of drug-likeness (QED) is 0.685. The van der Waals surface area contributed by atoms with E-state index in [4.69, 9.17) is 10.2 Å². The van der Waals surface area contributed by atoms with Crippen molar-refractivity contribution in [2.75, 3.05) is 6.61 Å². The van der Waals surface area contributed by atoms with Crippen molar-refractivity contribution in [3.63, 3.8) is 0 Å². The van der Waals surface area contributed by atoms with Crippen LogP contribution in [0.4, 0.5) is 0 Å². The first kappa shape index (κ1) is 11.2. The van der Waals surface area contributed by atoms with Gasteiger partial charge in [0.1, 0.15) is 5.69 Å². The van der Waals surface area contributed by atoms with E-state index in [0.29, 0.717) is 6.42 Å². The lowest BCUT2D eigenvalue weighted by Crippen LogP contribution is -1.94. The Morgan fingerprint density at radius 1 is 1.35 bits per heavy atom. The summed E-state index contributed by atoms with van der Waals surface area (Å²) in [5, 5.41) is 18.3. The smallest absolute Gasteiger partial charge is 0.352 e. The third-order valence-electron chi connectivity index (χ3n) is 2.32. The highest BCUT2D eigenvalue weighted by atomic mass is 16.4. The molecule has 0 fully saturated rings. The first-order valence-corrected chi connectivity index (χ1v) is 5.16. The van der Waals surface area contributed by atoms with E-state index in [2.05, 4.69) is 16.8 Å². The van der Waals surface area contributed by atoms with Crippen LogP contribution in [0.1, 0.15) is 22.5 Å². The van der Waals surface area contributed by atoms with Crippen molar-refractivity contribution >= 4 is 16.9 Å². The van der Waals surface area contributed by atoms with Gasteiger partial charge in [-0.05, 0) is 24.3 Å². The van der Waals surface area contributed by atoms with Crippen molar-refractivity contribution < 1.29 is 15.0 Å².